The second kappa shape index (κ2) is 9.23. The summed E-state index contributed by atoms with van der Waals surface area (Å²) in [5.74, 6) is 1.32. The topological polar surface area (TPSA) is 70.8 Å². The van der Waals surface area contributed by atoms with Gasteiger partial charge in [-0.05, 0) is 75.6 Å². The minimum Gasteiger partial charge on any atom is -0.437 e. The number of nitrogens with zero attached hydrogens (tertiary/aromatic N) is 3. The van der Waals surface area contributed by atoms with E-state index in [-0.39, 0.29) is 0 Å². The van der Waals surface area contributed by atoms with Gasteiger partial charge in [-0.15, -0.1) is 0 Å². The lowest BCUT2D eigenvalue weighted by Crippen LogP contribution is -2.03. The lowest BCUT2D eigenvalue weighted by atomic mass is 10.1. The maximum atomic E-state index is 8.96. The fourth-order valence-corrected chi connectivity index (χ4v) is 4.31. The van der Waals surface area contributed by atoms with Crippen LogP contribution in [0.5, 0.6) is 11.6 Å². The smallest absolute Gasteiger partial charge is 0.231 e. The maximum absolute atomic E-state index is 8.96. The van der Waals surface area contributed by atoms with Crippen molar-refractivity contribution in [3.63, 3.8) is 0 Å². The van der Waals surface area contributed by atoms with Crippen LogP contribution in [0.4, 0.5) is 11.6 Å². The van der Waals surface area contributed by atoms with Crippen LogP contribution in [0, 0.1) is 11.3 Å². The summed E-state index contributed by atoms with van der Waals surface area (Å²) in [5, 5.41) is 14.5. The lowest BCUT2D eigenvalue weighted by Gasteiger charge is -2.14. The predicted octanol–water partition coefficient (Wildman–Crippen LogP) is 7.78. The Morgan fingerprint density at radius 2 is 1.84 bits per heavy atom. The third-order valence-corrected chi connectivity index (χ3v) is 6.25. The summed E-state index contributed by atoms with van der Waals surface area (Å²) in [4.78, 5) is 8.90. The second-order valence-electron chi connectivity index (χ2n) is 6.63. The Bertz CT molecular complexity index is 1320. The molecule has 0 amide bonds. The number of rotatable bonds is 5. The normalized spacial score (nSPS) is 10.7. The van der Waals surface area contributed by atoms with Gasteiger partial charge in [-0.25, -0.2) is 4.98 Å². The van der Waals surface area contributed by atoms with Gasteiger partial charge >= 0.3 is 0 Å². The molecule has 1 heterocycles. The van der Waals surface area contributed by atoms with Crippen molar-refractivity contribution >= 4 is 65.9 Å². The van der Waals surface area contributed by atoms with Gasteiger partial charge in [-0.1, -0.05) is 46.6 Å². The zero-order valence-corrected chi connectivity index (χ0v) is 20.2. The van der Waals surface area contributed by atoms with Crippen molar-refractivity contribution in [3.05, 3.63) is 79.8 Å². The first-order chi connectivity index (χ1) is 15.0. The molecule has 0 fully saturated rings. The van der Waals surface area contributed by atoms with Crippen molar-refractivity contribution in [2.45, 2.75) is 13.3 Å². The van der Waals surface area contributed by atoms with Crippen LogP contribution in [-0.2, 0) is 6.42 Å². The summed E-state index contributed by atoms with van der Waals surface area (Å²) >= 11 is 13.6. The highest BCUT2D eigenvalue weighted by Crippen LogP contribution is 2.38. The van der Waals surface area contributed by atoms with Crippen LogP contribution in [0.3, 0.4) is 0 Å². The summed E-state index contributed by atoms with van der Waals surface area (Å²) in [6, 6.07) is 19.0. The molecule has 4 rings (SSSR count). The van der Waals surface area contributed by atoms with Gasteiger partial charge in [0.05, 0.1) is 21.7 Å². The van der Waals surface area contributed by atoms with E-state index in [1.54, 1.807) is 24.3 Å². The molecule has 0 spiro atoms. The molecule has 0 atom stereocenters. The van der Waals surface area contributed by atoms with E-state index in [1.807, 2.05) is 37.3 Å². The standard InChI is InChI=1S/C23H15Br2ClN4O/c1-2-17-21(26)29-23(28-16-7-3-13(12-27)4-8-16)30-22(17)31-19-10-5-14-11-15(24)6-9-18(14)20(19)25/h3-11H,2H2,1H3,(H,28,29,30). The fourth-order valence-electron chi connectivity index (χ4n) is 3.06. The average Bonchev–Trinajstić information content (AvgIpc) is 2.76. The molecule has 0 radical (unpaired) electrons. The molecule has 3 aromatic carbocycles. The number of anilines is 2. The number of benzene rings is 3. The van der Waals surface area contributed by atoms with Crippen LogP contribution in [0.1, 0.15) is 18.1 Å². The summed E-state index contributed by atoms with van der Waals surface area (Å²) in [6.45, 7) is 1.97. The van der Waals surface area contributed by atoms with E-state index in [1.165, 1.54) is 0 Å². The average molecular weight is 559 g/mol. The van der Waals surface area contributed by atoms with Crippen molar-refractivity contribution in [3.8, 4) is 17.7 Å². The zero-order chi connectivity index (χ0) is 22.0. The number of nitriles is 1. The van der Waals surface area contributed by atoms with Gasteiger partial charge < -0.3 is 10.1 Å². The molecule has 0 bridgehead atoms. The molecule has 5 nitrogen and oxygen atoms in total. The Labute approximate surface area is 201 Å². The molecule has 8 heteroatoms. The Kier molecular flexibility index (Phi) is 6.42. The molecule has 0 aliphatic heterocycles. The molecule has 4 aromatic rings. The molecule has 0 aliphatic rings. The summed E-state index contributed by atoms with van der Waals surface area (Å²) < 4.78 is 8.03. The van der Waals surface area contributed by atoms with Crippen LogP contribution in [0.2, 0.25) is 5.15 Å². The third-order valence-electron chi connectivity index (χ3n) is 4.63. The first kappa shape index (κ1) is 21.6. The molecule has 154 valence electrons. The number of nitrogens with one attached hydrogen (secondary N) is 1. The molecule has 0 aliphatic carbocycles. The number of hydrogen-bond donors (Lipinski definition) is 1. The Hall–Kier alpha value is -2.66. The Morgan fingerprint density at radius 1 is 1.06 bits per heavy atom. The zero-order valence-electron chi connectivity index (χ0n) is 16.3. The van der Waals surface area contributed by atoms with Gasteiger partial charge in [-0.3, -0.25) is 0 Å². The monoisotopic (exact) mass is 556 g/mol. The molecule has 1 N–H and O–H groups in total. The summed E-state index contributed by atoms with van der Waals surface area (Å²) in [6.07, 6.45) is 0.615. The molecule has 1 aromatic heterocycles. The van der Waals surface area contributed by atoms with Gasteiger partial charge in [-0.2, -0.15) is 10.2 Å². The van der Waals surface area contributed by atoms with Gasteiger partial charge in [0.1, 0.15) is 10.9 Å². The van der Waals surface area contributed by atoms with Gasteiger partial charge in [0.2, 0.25) is 11.8 Å². The number of ether oxygens (including phenoxy) is 1. The lowest BCUT2D eigenvalue weighted by molar-refractivity contribution is 0.454. The number of aromatic nitrogens is 2. The SMILES string of the molecule is CCc1c(Cl)nc(Nc2ccc(C#N)cc2)nc1Oc1ccc2cc(Br)ccc2c1Br. The Morgan fingerprint density at radius 3 is 2.55 bits per heavy atom. The van der Waals surface area contributed by atoms with Gasteiger partial charge in [0.25, 0.3) is 0 Å². The predicted molar refractivity (Wildman–Crippen MR) is 130 cm³/mol. The minimum absolute atomic E-state index is 0.308. The van der Waals surface area contributed by atoms with Gasteiger partial charge in [0.15, 0.2) is 0 Å². The van der Waals surface area contributed by atoms with Crippen LogP contribution in [-0.4, -0.2) is 9.97 Å². The van der Waals surface area contributed by atoms with Crippen molar-refractivity contribution in [2.24, 2.45) is 0 Å². The van der Waals surface area contributed by atoms with E-state index in [0.717, 1.165) is 31.0 Å². The highest BCUT2D eigenvalue weighted by Gasteiger charge is 2.16. The molecule has 0 saturated heterocycles. The van der Waals surface area contributed by atoms with E-state index in [4.69, 9.17) is 21.6 Å². The molecule has 0 unspecified atom stereocenters. The van der Waals surface area contributed by atoms with Crippen molar-refractivity contribution in [2.75, 3.05) is 5.32 Å². The first-order valence-corrected chi connectivity index (χ1v) is 11.3. The van der Waals surface area contributed by atoms with E-state index in [9.17, 15) is 0 Å². The minimum atomic E-state index is 0.308. The van der Waals surface area contributed by atoms with E-state index >= 15 is 0 Å². The van der Waals surface area contributed by atoms with Crippen molar-refractivity contribution < 1.29 is 4.74 Å². The van der Waals surface area contributed by atoms with Gasteiger partial charge in [0, 0.05) is 10.2 Å². The highest BCUT2D eigenvalue weighted by atomic mass is 79.9. The molecular formula is C23H15Br2ClN4O. The third kappa shape index (κ3) is 4.67. The van der Waals surface area contributed by atoms with Crippen LogP contribution < -0.4 is 10.1 Å². The fraction of sp³-hybridized carbons (Fsp3) is 0.0870. The van der Waals surface area contributed by atoms with E-state index in [0.29, 0.717) is 34.7 Å². The maximum Gasteiger partial charge on any atom is 0.231 e. The number of halogens is 3. The molecule has 0 saturated carbocycles. The van der Waals surface area contributed by atoms with E-state index < -0.39 is 0 Å². The second-order valence-corrected chi connectivity index (χ2v) is 8.70. The summed E-state index contributed by atoms with van der Waals surface area (Å²) in [7, 11) is 0. The molecular weight excluding hydrogens is 544 g/mol. The van der Waals surface area contributed by atoms with Crippen LogP contribution in [0.25, 0.3) is 10.8 Å². The van der Waals surface area contributed by atoms with Crippen molar-refractivity contribution in [1.82, 2.24) is 9.97 Å². The van der Waals surface area contributed by atoms with Crippen LogP contribution in [0.15, 0.2) is 63.5 Å². The number of fused-ring (bicyclic) bond motifs is 1. The largest absolute Gasteiger partial charge is 0.437 e. The quantitative estimate of drug-likeness (QED) is 0.253. The van der Waals surface area contributed by atoms with Crippen molar-refractivity contribution in [1.29, 1.82) is 5.26 Å². The number of hydrogen-bond acceptors (Lipinski definition) is 5. The first-order valence-electron chi connectivity index (χ1n) is 9.37. The Balaban J connectivity index is 1.70. The molecule has 31 heavy (non-hydrogen) atoms. The summed E-state index contributed by atoms with van der Waals surface area (Å²) in [5.41, 5.74) is 2.03. The van der Waals surface area contributed by atoms with Crippen LogP contribution >= 0.6 is 43.5 Å². The highest BCUT2D eigenvalue weighted by molar-refractivity contribution is 9.11. The van der Waals surface area contributed by atoms with E-state index in [2.05, 4.69) is 53.2 Å².